The highest BCUT2D eigenvalue weighted by Crippen LogP contribution is 2.28. The Morgan fingerprint density at radius 1 is 1.27 bits per heavy atom. The number of aromatic carboxylic acids is 1. The number of hydrogen-bond donors (Lipinski definition) is 2. The molecule has 2 heterocycles. The molecular weight excluding hydrogens is 446 g/mol. The molecule has 1 aromatic heterocycles. The van der Waals surface area contributed by atoms with Gasteiger partial charge in [0.25, 0.3) is 10.0 Å². The fourth-order valence-electron chi connectivity index (χ4n) is 3.79. The van der Waals surface area contributed by atoms with E-state index in [0.29, 0.717) is 25.9 Å². The summed E-state index contributed by atoms with van der Waals surface area (Å²) in [5.41, 5.74) is 0.911. The maximum atomic E-state index is 12.8. The summed E-state index contributed by atoms with van der Waals surface area (Å²) in [6.07, 6.45) is 2.63. The van der Waals surface area contributed by atoms with Crippen molar-refractivity contribution in [1.29, 1.82) is 0 Å². The number of carbonyl (C=O) groups is 2. The highest BCUT2D eigenvalue weighted by molar-refractivity contribution is 7.92. The van der Waals surface area contributed by atoms with Crippen LogP contribution >= 0.6 is 0 Å². The van der Waals surface area contributed by atoms with E-state index in [1.807, 2.05) is 13.8 Å². The van der Waals surface area contributed by atoms with E-state index >= 15 is 0 Å². The highest BCUT2D eigenvalue weighted by atomic mass is 32.2. The molecule has 178 valence electrons. The number of carboxylic acids is 1. The van der Waals surface area contributed by atoms with Gasteiger partial charge in [-0.25, -0.2) is 18.2 Å². The Bertz CT molecular complexity index is 1120. The van der Waals surface area contributed by atoms with Gasteiger partial charge in [-0.05, 0) is 49.4 Å². The lowest BCUT2D eigenvalue weighted by atomic mass is 9.98. The average Bonchev–Trinajstić information content (AvgIpc) is 2.79. The van der Waals surface area contributed by atoms with Gasteiger partial charge >= 0.3 is 11.9 Å². The van der Waals surface area contributed by atoms with Gasteiger partial charge in [0.05, 0.1) is 29.3 Å². The SMILES string of the molecule is CCOC(=O)[C@H]1CCCN(c2ncc(NS(=O)(=O)c3ccc(C(C)C)cc3)cc2C(=O)O)C1. The number of pyridine rings is 1. The van der Waals surface area contributed by atoms with Crippen LogP contribution in [0.15, 0.2) is 41.4 Å². The number of benzene rings is 1. The number of aromatic nitrogens is 1. The van der Waals surface area contributed by atoms with Crippen molar-refractivity contribution in [2.45, 2.75) is 44.4 Å². The van der Waals surface area contributed by atoms with Gasteiger partial charge in [-0.3, -0.25) is 9.52 Å². The van der Waals surface area contributed by atoms with Crippen LogP contribution in [-0.4, -0.2) is 50.1 Å². The van der Waals surface area contributed by atoms with Crippen LogP contribution in [0.4, 0.5) is 11.5 Å². The van der Waals surface area contributed by atoms with E-state index in [1.54, 1.807) is 24.0 Å². The monoisotopic (exact) mass is 475 g/mol. The molecule has 1 fully saturated rings. The van der Waals surface area contributed by atoms with E-state index in [1.165, 1.54) is 24.4 Å². The van der Waals surface area contributed by atoms with Crippen molar-refractivity contribution < 1.29 is 27.9 Å². The second kappa shape index (κ2) is 10.2. The van der Waals surface area contributed by atoms with Gasteiger partial charge < -0.3 is 14.7 Å². The van der Waals surface area contributed by atoms with E-state index in [0.717, 1.165) is 5.56 Å². The lowest BCUT2D eigenvalue weighted by molar-refractivity contribution is -0.148. The molecule has 33 heavy (non-hydrogen) atoms. The second-order valence-corrected chi connectivity index (χ2v) is 9.95. The quantitative estimate of drug-likeness (QED) is 0.556. The number of anilines is 2. The molecule has 1 saturated heterocycles. The number of piperidine rings is 1. The molecule has 0 bridgehead atoms. The van der Waals surface area contributed by atoms with Crippen LogP contribution in [0.3, 0.4) is 0 Å². The molecule has 0 aliphatic carbocycles. The van der Waals surface area contributed by atoms with Crippen LogP contribution in [-0.2, 0) is 19.6 Å². The first-order valence-electron chi connectivity index (χ1n) is 10.9. The predicted octanol–water partition coefficient (Wildman–Crippen LogP) is 3.48. The summed E-state index contributed by atoms with van der Waals surface area (Å²) < 4.78 is 33.1. The Morgan fingerprint density at radius 3 is 2.58 bits per heavy atom. The summed E-state index contributed by atoms with van der Waals surface area (Å²) in [5, 5.41) is 9.74. The summed E-state index contributed by atoms with van der Waals surface area (Å²) in [6.45, 7) is 6.87. The van der Waals surface area contributed by atoms with Crippen LogP contribution in [0.25, 0.3) is 0 Å². The Kier molecular flexibility index (Phi) is 7.57. The molecule has 0 amide bonds. The lowest BCUT2D eigenvalue weighted by Gasteiger charge is -2.33. The summed E-state index contributed by atoms with van der Waals surface area (Å²) in [5.74, 6) is -1.46. The number of nitrogens with zero attached hydrogens (tertiary/aromatic N) is 2. The zero-order chi connectivity index (χ0) is 24.2. The minimum Gasteiger partial charge on any atom is -0.478 e. The van der Waals surface area contributed by atoms with Crippen LogP contribution in [0.2, 0.25) is 0 Å². The maximum absolute atomic E-state index is 12.8. The standard InChI is InChI=1S/C23H29N3O6S/c1-4-32-23(29)17-6-5-11-26(14-17)21-20(22(27)28)12-18(13-24-21)25-33(30,31)19-9-7-16(8-10-19)15(2)3/h7-10,12-13,15,17,25H,4-6,11,14H2,1-3H3,(H,27,28)/t17-/m0/s1. The zero-order valence-corrected chi connectivity index (χ0v) is 19.8. The van der Waals surface area contributed by atoms with Crippen LogP contribution in [0.5, 0.6) is 0 Å². The Morgan fingerprint density at radius 2 is 1.97 bits per heavy atom. The summed E-state index contributed by atoms with van der Waals surface area (Å²) in [6, 6.07) is 7.78. The van der Waals surface area contributed by atoms with E-state index < -0.39 is 16.0 Å². The van der Waals surface area contributed by atoms with Crippen LogP contribution in [0.1, 0.15) is 55.5 Å². The number of carbonyl (C=O) groups excluding carboxylic acids is 1. The number of nitrogens with one attached hydrogen (secondary N) is 1. The van der Waals surface area contributed by atoms with Gasteiger partial charge in [0.2, 0.25) is 0 Å². The molecule has 9 nitrogen and oxygen atoms in total. The number of hydrogen-bond acceptors (Lipinski definition) is 7. The minimum absolute atomic E-state index is 0.0445. The van der Waals surface area contributed by atoms with Crippen molar-refractivity contribution in [3.05, 3.63) is 47.7 Å². The average molecular weight is 476 g/mol. The molecule has 2 aromatic rings. The molecule has 0 radical (unpaired) electrons. The van der Waals surface area contributed by atoms with Gasteiger partial charge in [-0.15, -0.1) is 0 Å². The number of ether oxygens (including phenoxy) is 1. The summed E-state index contributed by atoms with van der Waals surface area (Å²) >= 11 is 0. The Balaban J connectivity index is 1.84. The topological polar surface area (TPSA) is 126 Å². The van der Waals surface area contributed by atoms with E-state index in [-0.39, 0.29) is 46.4 Å². The molecule has 0 unspecified atom stereocenters. The first kappa shape index (κ1) is 24.5. The predicted molar refractivity (Wildman–Crippen MR) is 124 cm³/mol. The van der Waals surface area contributed by atoms with Crippen molar-refractivity contribution in [3.63, 3.8) is 0 Å². The molecule has 2 N–H and O–H groups in total. The molecule has 10 heteroatoms. The Hall–Kier alpha value is -3.14. The third-order valence-electron chi connectivity index (χ3n) is 5.55. The summed E-state index contributed by atoms with van der Waals surface area (Å²) in [7, 11) is -3.92. The Labute approximate surface area is 193 Å². The number of carboxylic acid groups (broad SMARTS) is 1. The molecule has 0 spiro atoms. The number of esters is 1. The first-order valence-corrected chi connectivity index (χ1v) is 12.4. The fourth-order valence-corrected chi connectivity index (χ4v) is 4.82. The molecular formula is C23H29N3O6S. The van der Waals surface area contributed by atoms with Gasteiger partial charge in [0.15, 0.2) is 0 Å². The third kappa shape index (κ3) is 5.81. The largest absolute Gasteiger partial charge is 0.478 e. The summed E-state index contributed by atoms with van der Waals surface area (Å²) in [4.78, 5) is 30.1. The molecule has 1 aliphatic heterocycles. The fraction of sp³-hybridized carbons (Fsp3) is 0.435. The van der Waals surface area contributed by atoms with Gasteiger partial charge in [0, 0.05) is 13.1 Å². The maximum Gasteiger partial charge on any atom is 0.339 e. The van der Waals surface area contributed by atoms with E-state index in [2.05, 4.69) is 9.71 Å². The first-order chi connectivity index (χ1) is 15.6. The molecule has 1 aliphatic rings. The van der Waals surface area contributed by atoms with Crippen molar-refractivity contribution in [2.24, 2.45) is 5.92 Å². The molecule has 1 aromatic carbocycles. The van der Waals surface area contributed by atoms with Crippen molar-refractivity contribution >= 4 is 33.5 Å². The van der Waals surface area contributed by atoms with E-state index in [9.17, 15) is 23.1 Å². The van der Waals surface area contributed by atoms with Gasteiger partial charge in [-0.1, -0.05) is 26.0 Å². The van der Waals surface area contributed by atoms with Crippen molar-refractivity contribution in [3.8, 4) is 0 Å². The number of sulfonamides is 1. The highest BCUT2D eigenvalue weighted by Gasteiger charge is 2.30. The minimum atomic E-state index is -3.92. The van der Waals surface area contributed by atoms with Gasteiger partial charge in [-0.2, -0.15) is 0 Å². The van der Waals surface area contributed by atoms with Crippen molar-refractivity contribution in [1.82, 2.24) is 4.98 Å². The normalized spacial score (nSPS) is 16.5. The van der Waals surface area contributed by atoms with E-state index in [4.69, 9.17) is 4.74 Å². The smallest absolute Gasteiger partial charge is 0.339 e. The molecule has 0 saturated carbocycles. The van der Waals surface area contributed by atoms with Crippen LogP contribution in [0, 0.1) is 5.92 Å². The zero-order valence-electron chi connectivity index (χ0n) is 18.9. The molecule has 3 rings (SSSR count). The van der Waals surface area contributed by atoms with Crippen LogP contribution < -0.4 is 9.62 Å². The van der Waals surface area contributed by atoms with Gasteiger partial charge in [0.1, 0.15) is 11.4 Å². The number of rotatable bonds is 8. The second-order valence-electron chi connectivity index (χ2n) is 8.27. The van der Waals surface area contributed by atoms with Crippen molar-refractivity contribution in [2.75, 3.05) is 29.3 Å². The molecule has 1 atom stereocenters. The lowest BCUT2D eigenvalue weighted by Crippen LogP contribution is -2.40. The third-order valence-corrected chi connectivity index (χ3v) is 6.94.